The Labute approximate surface area is 126 Å². The van der Waals surface area contributed by atoms with Crippen molar-refractivity contribution in [3.8, 4) is 0 Å². The number of fused-ring (bicyclic) bond motifs is 1. The number of carbonyl (C=O) groups is 1. The van der Waals surface area contributed by atoms with Crippen molar-refractivity contribution in [3.63, 3.8) is 0 Å². The lowest BCUT2D eigenvalue weighted by Crippen LogP contribution is -2.36. The van der Waals surface area contributed by atoms with E-state index < -0.39 is 4.92 Å². The van der Waals surface area contributed by atoms with Crippen LogP contribution in [0.3, 0.4) is 0 Å². The molecule has 0 atom stereocenters. The van der Waals surface area contributed by atoms with Gasteiger partial charge in [-0.25, -0.2) is 4.98 Å². The zero-order valence-electron chi connectivity index (χ0n) is 12.4. The summed E-state index contributed by atoms with van der Waals surface area (Å²) in [6, 6.07) is 3.86. The number of hydrogen-bond donors (Lipinski definition) is 0. The average Bonchev–Trinajstić information content (AvgIpc) is 2.51. The molecule has 0 N–H and O–H groups in total. The van der Waals surface area contributed by atoms with E-state index in [-0.39, 0.29) is 34.6 Å². The highest BCUT2D eigenvalue weighted by Crippen LogP contribution is 2.16. The quantitative estimate of drug-likeness (QED) is 0.610. The number of rotatable bonds is 5. The molecule has 8 nitrogen and oxygen atoms in total. The number of likely N-dealkylation sites (N-methyl/N-ethyl adjacent to an activating group) is 1. The fraction of sp³-hybridized carbons (Fsp3) is 0.357. The van der Waals surface area contributed by atoms with Gasteiger partial charge in [-0.2, -0.15) is 0 Å². The topological polar surface area (TPSA) is 98.3 Å². The molecule has 0 saturated carbocycles. The van der Waals surface area contributed by atoms with E-state index in [1.54, 1.807) is 4.90 Å². The van der Waals surface area contributed by atoms with Gasteiger partial charge >= 0.3 is 0 Å². The number of carbonyl (C=O) groups excluding carboxylic acids is 1. The van der Waals surface area contributed by atoms with Gasteiger partial charge in [-0.15, -0.1) is 0 Å². The standard InChI is InChI=1S/C14H16N4O4/c1-3-16(4-2)13(19)8-17-9-15-12-7-10(18(21)22)5-6-11(12)14(17)20/h5-7,9H,3-4,8H2,1-2H3. The maximum absolute atomic E-state index is 12.3. The molecule has 1 heterocycles. The number of amides is 1. The normalized spacial score (nSPS) is 10.6. The molecule has 1 aromatic heterocycles. The van der Waals surface area contributed by atoms with Gasteiger partial charge in [-0.05, 0) is 19.9 Å². The number of nitrogens with zero attached hydrogens (tertiary/aromatic N) is 4. The Kier molecular flexibility index (Phi) is 4.50. The number of hydrogen-bond acceptors (Lipinski definition) is 5. The van der Waals surface area contributed by atoms with Gasteiger partial charge in [0, 0.05) is 25.2 Å². The van der Waals surface area contributed by atoms with E-state index >= 15 is 0 Å². The molecule has 22 heavy (non-hydrogen) atoms. The highest BCUT2D eigenvalue weighted by molar-refractivity contribution is 5.80. The molecule has 2 aromatic rings. The second-order valence-corrected chi connectivity index (χ2v) is 4.70. The Balaban J connectivity index is 2.39. The first-order valence-electron chi connectivity index (χ1n) is 6.89. The van der Waals surface area contributed by atoms with E-state index in [2.05, 4.69) is 4.98 Å². The molecule has 0 spiro atoms. The van der Waals surface area contributed by atoms with E-state index in [0.29, 0.717) is 13.1 Å². The molecular formula is C14H16N4O4. The maximum Gasteiger partial charge on any atom is 0.271 e. The van der Waals surface area contributed by atoms with Crippen LogP contribution in [-0.4, -0.2) is 38.4 Å². The van der Waals surface area contributed by atoms with E-state index in [1.165, 1.54) is 29.1 Å². The Hall–Kier alpha value is -2.77. The van der Waals surface area contributed by atoms with Gasteiger partial charge in [0.25, 0.3) is 11.2 Å². The fourth-order valence-electron chi connectivity index (χ4n) is 2.19. The minimum absolute atomic E-state index is 0.0968. The van der Waals surface area contributed by atoms with E-state index in [9.17, 15) is 19.7 Å². The van der Waals surface area contributed by atoms with E-state index in [1.807, 2.05) is 13.8 Å². The predicted octanol–water partition coefficient (Wildman–Crippen LogP) is 1.17. The van der Waals surface area contributed by atoms with Gasteiger partial charge in [0.2, 0.25) is 5.91 Å². The third-order valence-electron chi connectivity index (χ3n) is 3.44. The summed E-state index contributed by atoms with van der Waals surface area (Å²) in [5, 5.41) is 11.0. The monoisotopic (exact) mass is 304 g/mol. The zero-order chi connectivity index (χ0) is 16.3. The summed E-state index contributed by atoms with van der Waals surface area (Å²) in [5.41, 5.74) is -0.275. The molecule has 0 saturated heterocycles. The summed E-state index contributed by atoms with van der Waals surface area (Å²) in [4.78, 5) is 40.2. The first kappa shape index (κ1) is 15.6. The summed E-state index contributed by atoms with van der Waals surface area (Å²) in [6.07, 6.45) is 1.25. The molecule has 0 aliphatic rings. The second kappa shape index (κ2) is 6.33. The minimum Gasteiger partial charge on any atom is -0.342 e. The van der Waals surface area contributed by atoms with Crippen LogP contribution >= 0.6 is 0 Å². The Morgan fingerprint density at radius 1 is 1.36 bits per heavy atom. The van der Waals surface area contributed by atoms with Gasteiger partial charge in [-0.1, -0.05) is 0 Å². The zero-order valence-corrected chi connectivity index (χ0v) is 12.4. The number of aromatic nitrogens is 2. The smallest absolute Gasteiger partial charge is 0.271 e. The molecule has 0 aliphatic heterocycles. The van der Waals surface area contributed by atoms with Gasteiger partial charge in [0.15, 0.2) is 0 Å². The van der Waals surface area contributed by atoms with Gasteiger partial charge in [0.05, 0.1) is 22.2 Å². The van der Waals surface area contributed by atoms with Crippen molar-refractivity contribution in [2.24, 2.45) is 0 Å². The van der Waals surface area contributed by atoms with Crippen LogP contribution in [0.2, 0.25) is 0 Å². The molecule has 0 unspecified atom stereocenters. The van der Waals surface area contributed by atoms with Crippen LogP contribution in [0.25, 0.3) is 10.9 Å². The fourth-order valence-corrected chi connectivity index (χ4v) is 2.19. The lowest BCUT2D eigenvalue weighted by molar-refractivity contribution is -0.384. The summed E-state index contributed by atoms with van der Waals surface area (Å²) >= 11 is 0. The van der Waals surface area contributed by atoms with Crippen molar-refractivity contribution in [2.75, 3.05) is 13.1 Å². The van der Waals surface area contributed by atoms with Gasteiger partial charge < -0.3 is 4.90 Å². The van der Waals surface area contributed by atoms with Crippen molar-refractivity contribution < 1.29 is 9.72 Å². The molecule has 8 heteroatoms. The Bertz CT molecular complexity index is 780. The highest BCUT2D eigenvalue weighted by Gasteiger charge is 2.14. The molecule has 116 valence electrons. The molecule has 0 radical (unpaired) electrons. The van der Waals surface area contributed by atoms with Crippen LogP contribution in [0.1, 0.15) is 13.8 Å². The van der Waals surface area contributed by atoms with Crippen molar-refractivity contribution in [1.29, 1.82) is 0 Å². The SMILES string of the molecule is CCN(CC)C(=O)Cn1cnc2cc([N+](=O)[O-])ccc2c1=O. The van der Waals surface area contributed by atoms with Crippen molar-refractivity contribution in [2.45, 2.75) is 20.4 Å². The average molecular weight is 304 g/mol. The molecule has 1 aromatic carbocycles. The molecule has 1 amide bonds. The first-order chi connectivity index (χ1) is 10.5. The van der Waals surface area contributed by atoms with Crippen LogP contribution in [0.5, 0.6) is 0 Å². The summed E-state index contributed by atoms with van der Waals surface area (Å²) in [7, 11) is 0. The number of nitro benzene ring substituents is 1. The predicted molar refractivity (Wildman–Crippen MR) is 80.6 cm³/mol. The van der Waals surface area contributed by atoms with Crippen LogP contribution < -0.4 is 5.56 Å². The molecule has 0 aliphatic carbocycles. The molecule has 0 bridgehead atoms. The van der Waals surface area contributed by atoms with Crippen LogP contribution in [0.4, 0.5) is 5.69 Å². The van der Waals surface area contributed by atoms with Gasteiger partial charge in [-0.3, -0.25) is 24.3 Å². The Morgan fingerprint density at radius 2 is 2.05 bits per heavy atom. The number of nitro groups is 1. The first-order valence-corrected chi connectivity index (χ1v) is 6.89. The minimum atomic E-state index is -0.545. The van der Waals surface area contributed by atoms with E-state index in [0.717, 1.165) is 0 Å². The summed E-state index contributed by atoms with van der Waals surface area (Å²) < 4.78 is 1.22. The maximum atomic E-state index is 12.3. The number of benzene rings is 1. The Morgan fingerprint density at radius 3 is 2.64 bits per heavy atom. The third-order valence-corrected chi connectivity index (χ3v) is 3.44. The molecule has 2 rings (SSSR count). The molecular weight excluding hydrogens is 288 g/mol. The largest absolute Gasteiger partial charge is 0.342 e. The summed E-state index contributed by atoms with van der Waals surface area (Å²) in [5.74, 6) is -0.171. The van der Waals surface area contributed by atoms with Gasteiger partial charge in [0.1, 0.15) is 6.54 Å². The van der Waals surface area contributed by atoms with Crippen molar-refractivity contribution in [3.05, 3.63) is 45.0 Å². The molecule has 0 fully saturated rings. The third kappa shape index (κ3) is 2.95. The van der Waals surface area contributed by atoms with Crippen LogP contribution in [0, 0.1) is 10.1 Å². The highest BCUT2D eigenvalue weighted by atomic mass is 16.6. The lowest BCUT2D eigenvalue weighted by Gasteiger charge is -2.19. The van der Waals surface area contributed by atoms with Crippen LogP contribution in [-0.2, 0) is 11.3 Å². The summed E-state index contributed by atoms with van der Waals surface area (Å²) in [6.45, 7) is 4.76. The van der Waals surface area contributed by atoms with Crippen molar-refractivity contribution in [1.82, 2.24) is 14.5 Å². The lowest BCUT2D eigenvalue weighted by atomic mass is 10.2. The van der Waals surface area contributed by atoms with Crippen LogP contribution in [0.15, 0.2) is 29.3 Å². The second-order valence-electron chi connectivity index (χ2n) is 4.70. The van der Waals surface area contributed by atoms with E-state index in [4.69, 9.17) is 0 Å². The van der Waals surface area contributed by atoms with Crippen molar-refractivity contribution >= 4 is 22.5 Å². The number of non-ortho nitro benzene ring substituents is 1.